The fourth-order valence-electron chi connectivity index (χ4n) is 2.84. The third-order valence-corrected chi connectivity index (χ3v) is 4.72. The first kappa shape index (κ1) is 14.6. The minimum Gasteiger partial charge on any atom is -0.487 e. The number of ether oxygens (including phenoxy) is 1. The molecule has 1 aliphatic rings. The first-order valence-electron chi connectivity index (χ1n) is 7.67. The number of hydrogen-bond donors (Lipinski definition) is 0. The lowest BCUT2D eigenvalue weighted by atomic mass is 9.96. The van der Waals surface area contributed by atoms with E-state index in [2.05, 4.69) is 50.1 Å². The van der Waals surface area contributed by atoms with Crippen LogP contribution >= 0.6 is 15.9 Å². The molecule has 1 saturated carbocycles. The minimum absolute atomic E-state index is 0.535. The molecular weight excluding hydrogens is 328 g/mol. The molecule has 1 aromatic carbocycles. The molecule has 0 bridgehead atoms. The molecule has 0 atom stereocenters. The van der Waals surface area contributed by atoms with Crippen LogP contribution in [0.4, 0.5) is 0 Å². The van der Waals surface area contributed by atoms with Gasteiger partial charge in [-0.15, -0.1) is 0 Å². The summed E-state index contributed by atoms with van der Waals surface area (Å²) in [5.74, 6) is 0.895. The van der Waals surface area contributed by atoms with E-state index >= 15 is 0 Å². The lowest BCUT2D eigenvalue weighted by molar-refractivity contribution is 0.291. The van der Waals surface area contributed by atoms with Crippen LogP contribution in [0.5, 0.6) is 5.75 Å². The fourth-order valence-corrected chi connectivity index (χ4v) is 3.21. The van der Waals surface area contributed by atoms with Crippen molar-refractivity contribution < 1.29 is 4.74 Å². The van der Waals surface area contributed by atoms with Crippen molar-refractivity contribution in [3.8, 4) is 5.75 Å². The van der Waals surface area contributed by atoms with Crippen LogP contribution in [0.25, 0.3) is 0 Å². The van der Waals surface area contributed by atoms with E-state index in [1.807, 2.05) is 12.1 Å². The van der Waals surface area contributed by atoms with Crippen LogP contribution in [0.2, 0.25) is 0 Å². The van der Waals surface area contributed by atoms with Gasteiger partial charge in [-0.2, -0.15) is 5.10 Å². The molecule has 0 unspecified atom stereocenters. The second-order valence-electron chi connectivity index (χ2n) is 5.65. The number of nitrogens with zero attached hydrogens (tertiary/aromatic N) is 2. The lowest BCUT2D eigenvalue weighted by Crippen LogP contribution is -2.13. The van der Waals surface area contributed by atoms with Crippen LogP contribution < -0.4 is 4.74 Å². The van der Waals surface area contributed by atoms with Crippen LogP contribution in [0, 0.1) is 0 Å². The maximum atomic E-state index is 5.80. The van der Waals surface area contributed by atoms with Gasteiger partial charge in [-0.05, 0) is 36.6 Å². The van der Waals surface area contributed by atoms with E-state index in [1.54, 1.807) is 0 Å². The Morgan fingerprint density at radius 1 is 1.10 bits per heavy atom. The van der Waals surface area contributed by atoms with Gasteiger partial charge in [0, 0.05) is 11.5 Å². The molecule has 0 radical (unpaired) electrons. The maximum Gasteiger partial charge on any atom is 0.132 e. The molecule has 3 nitrogen and oxygen atoms in total. The van der Waals surface area contributed by atoms with Crippen molar-refractivity contribution >= 4 is 15.9 Å². The Balaban J connectivity index is 1.56. The molecule has 0 saturated heterocycles. The zero-order chi connectivity index (χ0) is 14.5. The number of rotatable bonds is 5. The molecular formula is C17H21BrN2O. The normalized spacial score (nSPS) is 16.0. The standard InChI is InChI=1S/C17H21BrN2O/c18-12-14-6-8-17(9-7-14)21-13-15-10-11-20(19-15)16-4-2-1-3-5-16/h6-11,16H,1-5,12-13H2. The highest BCUT2D eigenvalue weighted by Crippen LogP contribution is 2.27. The predicted octanol–water partition coefficient (Wildman–Crippen LogP) is 4.86. The Labute approximate surface area is 134 Å². The third-order valence-electron chi connectivity index (χ3n) is 4.08. The van der Waals surface area contributed by atoms with Crippen LogP contribution in [-0.2, 0) is 11.9 Å². The number of aromatic nitrogens is 2. The highest BCUT2D eigenvalue weighted by Gasteiger charge is 2.15. The van der Waals surface area contributed by atoms with Crippen LogP contribution in [-0.4, -0.2) is 9.78 Å². The smallest absolute Gasteiger partial charge is 0.132 e. The predicted molar refractivity (Wildman–Crippen MR) is 87.8 cm³/mol. The number of alkyl halides is 1. The molecule has 1 fully saturated rings. The van der Waals surface area contributed by atoms with Gasteiger partial charge in [0.1, 0.15) is 12.4 Å². The topological polar surface area (TPSA) is 27.1 Å². The molecule has 2 aromatic rings. The summed E-state index contributed by atoms with van der Waals surface area (Å²) in [4.78, 5) is 0. The van der Waals surface area contributed by atoms with E-state index in [4.69, 9.17) is 4.74 Å². The van der Waals surface area contributed by atoms with E-state index < -0.39 is 0 Å². The summed E-state index contributed by atoms with van der Waals surface area (Å²) in [7, 11) is 0. The van der Waals surface area contributed by atoms with Crippen molar-refractivity contribution in [2.24, 2.45) is 0 Å². The first-order chi connectivity index (χ1) is 10.3. The van der Waals surface area contributed by atoms with Gasteiger partial charge in [0.15, 0.2) is 0 Å². The maximum absolute atomic E-state index is 5.80. The van der Waals surface area contributed by atoms with Gasteiger partial charge in [-0.3, -0.25) is 4.68 Å². The molecule has 4 heteroatoms. The monoisotopic (exact) mass is 348 g/mol. The zero-order valence-electron chi connectivity index (χ0n) is 12.2. The molecule has 1 heterocycles. The highest BCUT2D eigenvalue weighted by molar-refractivity contribution is 9.08. The average Bonchev–Trinajstić information content (AvgIpc) is 3.03. The largest absolute Gasteiger partial charge is 0.487 e. The van der Waals surface area contributed by atoms with Crippen LogP contribution in [0.15, 0.2) is 36.5 Å². The van der Waals surface area contributed by atoms with Crippen LogP contribution in [0.1, 0.15) is 49.4 Å². The molecule has 0 spiro atoms. The number of halogens is 1. The Hall–Kier alpha value is -1.29. The third kappa shape index (κ3) is 3.88. The van der Waals surface area contributed by atoms with Crippen molar-refractivity contribution in [3.05, 3.63) is 47.8 Å². The van der Waals surface area contributed by atoms with E-state index in [9.17, 15) is 0 Å². The fraction of sp³-hybridized carbons (Fsp3) is 0.471. The van der Waals surface area contributed by atoms with Gasteiger partial charge in [0.25, 0.3) is 0 Å². The summed E-state index contributed by atoms with van der Waals surface area (Å²) >= 11 is 3.44. The zero-order valence-corrected chi connectivity index (χ0v) is 13.8. The van der Waals surface area contributed by atoms with Crippen molar-refractivity contribution in [3.63, 3.8) is 0 Å². The van der Waals surface area contributed by atoms with E-state index in [0.29, 0.717) is 12.6 Å². The van der Waals surface area contributed by atoms with Gasteiger partial charge in [0.05, 0.1) is 11.7 Å². The Morgan fingerprint density at radius 2 is 1.86 bits per heavy atom. The van der Waals surface area contributed by atoms with E-state index in [1.165, 1.54) is 37.7 Å². The van der Waals surface area contributed by atoms with Crippen molar-refractivity contribution in [2.45, 2.75) is 50.1 Å². The van der Waals surface area contributed by atoms with Crippen molar-refractivity contribution in [1.82, 2.24) is 9.78 Å². The first-order valence-corrected chi connectivity index (χ1v) is 8.79. The average molecular weight is 349 g/mol. The molecule has 0 amide bonds. The molecule has 0 N–H and O–H groups in total. The molecule has 0 aliphatic heterocycles. The second-order valence-corrected chi connectivity index (χ2v) is 6.21. The highest BCUT2D eigenvalue weighted by atomic mass is 79.9. The summed E-state index contributed by atoms with van der Waals surface area (Å²) in [6.07, 6.45) is 8.65. The summed E-state index contributed by atoms with van der Waals surface area (Å²) in [6.45, 7) is 0.535. The SMILES string of the molecule is BrCc1ccc(OCc2ccn(C3CCCCC3)n2)cc1. The number of hydrogen-bond acceptors (Lipinski definition) is 2. The van der Waals surface area contributed by atoms with Gasteiger partial charge in [-0.1, -0.05) is 47.3 Å². The van der Waals surface area contributed by atoms with Crippen molar-refractivity contribution in [1.29, 1.82) is 0 Å². The summed E-state index contributed by atoms with van der Waals surface area (Å²) in [5.41, 5.74) is 2.26. The number of benzene rings is 1. The van der Waals surface area contributed by atoms with Crippen LogP contribution in [0.3, 0.4) is 0 Å². The lowest BCUT2D eigenvalue weighted by Gasteiger charge is -2.21. The summed E-state index contributed by atoms with van der Waals surface area (Å²) < 4.78 is 7.93. The molecule has 21 heavy (non-hydrogen) atoms. The van der Waals surface area contributed by atoms with Gasteiger partial charge >= 0.3 is 0 Å². The molecule has 3 rings (SSSR count). The molecule has 1 aliphatic carbocycles. The van der Waals surface area contributed by atoms with Crippen molar-refractivity contribution in [2.75, 3.05) is 0 Å². The Kier molecular flexibility index (Phi) is 4.96. The van der Waals surface area contributed by atoms with Gasteiger partial charge < -0.3 is 4.74 Å². The van der Waals surface area contributed by atoms with E-state index in [-0.39, 0.29) is 0 Å². The molecule has 1 aromatic heterocycles. The van der Waals surface area contributed by atoms with Gasteiger partial charge in [0.2, 0.25) is 0 Å². The Morgan fingerprint density at radius 3 is 2.57 bits per heavy atom. The summed E-state index contributed by atoms with van der Waals surface area (Å²) in [6, 6.07) is 10.8. The quantitative estimate of drug-likeness (QED) is 0.721. The Bertz CT molecular complexity index is 558. The summed E-state index contributed by atoms with van der Waals surface area (Å²) in [5, 5.41) is 5.54. The second kappa shape index (κ2) is 7.12. The van der Waals surface area contributed by atoms with E-state index in [0.717, 1.165) is 16.8 Å². The van der Waals surface area contributed by atoms with Gasteiger partial charge in [-0.25, -0.2) is 0 Å². The molecule has 112 valence electrons. The minimum atomic E-state index is 0.535.